The molecular weight excluding hydrogens is 444 g/mol. The van der Waals surface area contributed by atoms with E-state index >= 15 is 0 Å². The maximum absolute atomic E-state index is 12.9. The maximum atomic E-state index is 12.9. The van der Waals surface area contributed by atoms with E-state index in [-0.39, 0.29) is 34.7 Å². The summed E-state index contributed by atoms with van der Waals surface area (Å²) in [5.74, 6) is -0.198. The van der Waals surface area contributed by atoms with Crippen molar-refractivity contribution in [2.24, 2.45) is 0 Å². The molecule has 6 nitrogen and oxygen atoms in total. The topological polar surface area (TPSA) is 84.5 Å². The zero-order valence-electron chi connectivity index (χ0n) is 18.2. The average Bonchev–Trinajstić information content (AvgIpc) is 2.83. The van der Waals surface area contributed by atoms with Crippen LogP contribution in [0.15, 0.2) is 82.6 Å². The number of carbonyl (C=O) groups excluding carboxylic acids is 1. The fourth-order valence-corrected chi connectivity index (χ4v) is 4.75. The summed E-state index contributed by atoms with van der Waals surface area (Å²) in [5.41, 5.74) is 2.02. The maximum Gasteiger partial charge on any atom is 0.251 e. The smallest absolute Gasteiger partial charge is 0.251 e. The molecule has 0 aromatic heterocycles. The van der Waals surface area contributed by atoms with Gasteiger partial charge in [-0.1, -0.05) is 42.5 Å². The second-order valence-electron chi connectivity index (χ2n) is 7.14. The van der Waals surface area contributed by atoms with Gasteiger partial charge in [0.1, 0.15) is 10.6 Å². The summed E-state index contributed by atoms with van der Waals surface area (Å²) >= 11 is 1.65. The predicted octanol–water partition coefficient (Wildman–Crippen LogP) is 4.39. The molecule has 0 saturated heterocycles. The first-order chi connectivity index (χ1) is 15.3. The van der Waals surface area contributed by atoms with Gasteiger partial charge in [-0.2, -0.15) is 0 Å². The third-order valence-electron chi connectivity index (χ3n) is 4.99. The molecule has 3 aromatic rings. The fourth-order valence-electron chi connectivity index (χ4n) is 3.14. The molecule has 0 radical (unpaired) electrons. The van der Waals surface area contributed by atoms with Gasteiger partial charge in [-0.25, -0.2) is 13.1 Å². The minimum atomic E-state index is -3.90. The van der Waals surface area contributed by atoms with Crippen LogP contribution in [0.3, 0.4) is 0 Å². The molecule has 32 heavy (non-hydrogen) atoms. The van der Waals surface area contributed by atoms with Crippen LogP contribution < -0.4 is 14.8 Å². The zero-order chi connectivity index (χ0) is 23.1. The molecule has 2 N–H and O–H groups in total. The minimum Gasteiger partial charge on any atom is -0.495 e. The number of methoxy groups -OCH3 is 1. The van der Waals surface area contributed by atoms with Crippen LogP contribution in [0, 0.1) is 0 Å². The molecule has 0 saturated carbocycles. The molecule has 0 heterocycles. The van der Waals surface area contributed by atoms with Crippen LogP contribution in [0.2, 0.25) is 0 Å². The van der Waals surface area contributed by atoms with Crippen LogP contribution in [0.25, 0.3) is 0 Å². The molecular formula is C24H26N2O4S2. The van der Waals surface area contributed by atoms with E-state index in [4.69, 9.17) is 4.74 Å². The monoisotopic (exact) mass is 470 g/mol. The molecule has 168 valence electrons. The third-order valence-corrected chi connectivity index (χ3v) is 7.15. The second-order valence-corrected chi connectivity index (χ2v) is 9.76. The molecule has 0 aliphatic carbocycles. The third kappa shape index (κ3) is 5.91. The molecule has 1 atom stereocenters. The van der Waals surface area contributed by atoms with Crippen molar-refractivity contribution in [3.63, 3.8) is 0 Å². The second kappa shape index (κ2) is 10.7. The number of ether oxygens (including phenoxy) is 1. The van der Waals surface area contributed by atoms with Crippen LogP contribution in [0.1, 0.15) is 34.5 Å². The van der Waals surface area contributed by atoms with Gasteiger partial charge in [0, 0.05) is 17.0 Å². The van der Waals surface area contributed by atoms with Gasteiger partial charge in [0.25, 0.3) is 5.91 Å². The molecule has 0 fully saturated rings. The predicted molar refractivity (Wildman–Crippen MR) is 128 cm³/mol. The van der Waals surface area contributed by atoms with E-state index in [0.29, 0.717) is 0 Å². The highest BCUT2D eigenvalue weighted by Crippen LogP contribution is 2.26. The Balaban J connectivity index is 1.78. The first-order valence-corrected chi connectivity index (χ1v) is 12.7. The Morgan fingerprint density at radius 3 is 2.34 bits per heavy atom. The van der Waals surface area contributed by atoms with Crippen molar-refractivity contribution in [2.75, 3.05) is 13.4 Å². The number of rotatable bonds is 9. The van der Waals surface area contributed by atoms with Crippen LogP contribution in [-0.2, 0) is 16.6 Å². The number of benzene rings is 3. The summed E-state index contributed by atoms with van der Waals surface area (Å²) in [5, 5.41) is 2.92. The van der Waals surface area contributed by atoms with Crippen molar-refractivity contribution in [3.05, 3.63) is 89.5 Å². The van der Waals surface area contributed by atoms with E-state index < -0.39 is 10.0 Å². The van der Waals surface area contributed by atoms with Gasteiger partial charge in [-0.05, 0) is 54.6 Å². The zero-order valence-corrected chi connectivity index (χ0v) is 19.8. The standard InChI is InChI=1S/C24H26N2O4S2/c1-17(19-9-12-21(31-3)13-10-19)26-24(27)20-11-14-22(30-2)23(15-20)32(28,29)25-16-18-7-5-4-6-8-18/h4-15,17,25H,16H2,1-3H3,(H,26,27)/t17-/m1/s1. The van der Waals surface area contributed by atoms with Gasteiger partial charge in [-0.3, -0.25) is 4.79 Å². The summed E-state index contributed by atoms with van der Waals surface area (Å²) in [7, 11) is -2.51. The van der Waals surface area contributed by atoms with Crippen molar-refractivity contribution in [3.8, 4) is 5.75 Å². The van der Waals surface area contributed by atoms with E-state index in [9.17, 15) is 13.2 Å². The number of hydrogen-bond donors (Lipinski definition) is 2. The lowest BCUT2D eigenvalue weighted by atomic mass is 10.1. The highest BCUT2D eigenvalue weighted by Gasteiger charge is 2.22. The van der Waals surface area contributed by atoms with Crippen LogP contribution in [0.5, 0.6) is 5.75 Å². The Morgan fingerprint density at radius 2 is 1.72 bits per heavy atom. The van der Waals surface area contributed by atoms with Gasteiger partial charge < -0.3 is 10.1 Å². The summed E-state index contributed by atoms with van der Waals surface area (Å²) in [6.45, 7) is 2.01. The fraction of sp³-hybridized carbons (Fsp3) is 0.208. The minimum absolute atomic E-state index is 0.0828. The molecule has 0 unspecified atom stereocenters. The van der Waals surface area contributed by atoms with E-state index in [2.05, 4.69) is 10.0 Å². The highest BCUT2D eigenvalue weighted by atomic mass is 32.2. The lowest BCUT2D eigenvalue weighted by molar-refractivity contribution is 0.0939. The Bertz CT molecular complexity index is 1160. The number of nitrogens with one attached hydrogen (secondary N) is 2. The van der Waals surface area contributed by atoms with Gasteiger partial charge in [0.15, 0.2) is 0 Å². The number of carbonyl (C=O) groups is 1. The Hall–Kier alpha value is -2.81. The highest BCUT2D eigenvalue weighted by molar-refractivity contribution is 7.98. The molecule has 8 heteroatoms. The number of hydrogen-bond acceptors (Lipinski definition) is 5. The Labute approximate surface area is 193 Å². The lowest BCUT2D eigenvalue weighted by Gasteiger charge is -2.16. The van der Waals surface area contributed by atoms with Crippen LogP contribution >= 0.6 is 11.8 Å². The average molecular weight is 471 g/mol. The van der Waals surface area contributed by atoms with Gasteiger partial charge in [-0.15, -0.1) is 11.8 Å². The number of amides is 1. The molecule has 3 rings (SSSR count). The quantitative estimate of drug-likeness (QED) is 0.453. The molecule has 0 spiro atoms. The van der Waals surface area contributed by atoms with Crippen LogP contribution in [-0.4, -0.2) is 27.7 Å². The lowest BCUT2D eigenvalue weighted by Crippen LogP contribution is -2.28. The number of thioether (sulfide) groups is 1. The number of sulfonamides is 1. The summed E-state index contributed by atoms with van der Waals surface area (Å²) in [6.07, 6.45) is 2.00. The van der Waals surface area contributed by atoms with E-state index in [1.807, 2.05) is 67.8 Å². The normalized spacial score (nSPS) is 12.2. The van der Waals surface area contributed by atoms with Crippen LogP contribution in [0.4, 0.5) is 0 Å². The molecule has 3 aromatic carbocycles. The van der Waals surface area contributed by atoms with E-state index in [0.717, 1.165) is 16.0 Å². The summed E-state index contributed by atoms with van der Waals surface area (Å²) in [4.78, 5) is 13.9. The van der Waals surface area contributed by atoms with Gasteiger partial charge in [0.05, 0.1) is 13.2 Å². The molecule has 0 aliphatic rings. The SMILES string of the molecule is COc1ccc(C(=O)N[C@H](C)c2ccc(SC)cc2)cc1S(=O)(=O)NCc1ccccc1. The molecule has 0 aliphatic heterocycles. The van der Waals surface area contributed by atoms with Crippen molar-refractivity contribution in [1.82, 2.24) is 10.0 Å². The van der Waals surface area contributed by atoms with E-state index in [1.54, 1.807) is 17.8 Å². The van der Waals surface area contributed by atoms with Crippen molar-refractivity contribution >= 4 is 27.7 Å². The van der Waals surface area contributed by atoms with E-state index in [1.165, 1.54) is 19.2 Å². The van der Waals surface area contributed by atoms with Gasteiger partial charge in [0.2, 0.25) is 10.0 Å². The van der Waals surface area contributed by atoms with Crippen molar-refractivity contribution in [2.45, 2.75) is 29.3 Å². The first-order valence-electron chi connectivity index (χ1n) is 10.0. The first kappa shape index (κ1) is 23.8. The Morgan fingerprint density at radius 1 is 1.03 bits per heavy atom. The van der Waals surface area contributed by atoms with Crippen molar-refractivity contribution in [1.29, 1.82) is 0 Å². The Kier molecular flexibility index (Phi) is 7.95. The summed E-state index contributed by atoms with van der Waals surface area (Å²) in [6, 6.07) is 21.3. The van der Waals surface area contributed by atoms with Gasteiger partial charge >= 0.3 is 0 Å². The molecule has 1 amide bonds. The summed E-state index contributed by atoms with van der Waals surface area (Å²) < 4.78 is 33.7. The van der Waals surface area contributed by atoms with Crippen molar-refractivity contribution < 1.29 is 17.9 Å². The molecule has 0 bridgehead atoms. The largest absolute Gasteiger partial charge is 0.495 e.